The molecule has 1 saturated carbocycles. The first-order valence-corrected chi connectivity index (χ1v) is 7.77. The monoisotopic (exact) mass is 257 g/mol. The number of ether oxygens (including phenoxy) is 1. The molecule has 102 valence electrons. The molecular formula is C17H23NO. The Kier molecular flexibility index (Phi) is 2.63. The normalized spacial score (nSPS) is 33.4. The zero-order valence-electron chi connectivity index (χ0n) is 11.8. The fraction of sp³-hybridized carbons (Fsp3) is 0.647. The SMILES string of the molecule is COc1ccc2c(c1)CCN1CCC3CCCCC231. The summed E-state index contributed by atoms with van der Waals surface area (Å²) in [7, 11) is 1.77. The van der Waals surface area contributed by atoms with Crippen molar-refractivity contribution in [3.63, 3.8) is 0 Å². The van der Waals surface area contributed by atoms with Crippen LogP contribution in [0.1, 0.15) is 43.2 Å². The third-order valence-electron chi connectivity index (χ3n) is 5.78. The van der Waals surface area contributed by atoms with Crippen molar-refractivity contribution in [3.05, 3.63) is 29.3 Å². The van der Waals surface area contributed by atoms with E-state index in [0.717, 1.165) is 11.7 Å². The summed E-state index contributed by atoms with van der Waals surface area (Å²) >= 11 is 0. The van der Waals surface area contributed by atoms with Gasteiger partial charge in [0.15, 0.2) is 0 Å². The highest BCUT2D eigenvalue weighted by Gasteiger charge is 2.52. The molecule has 0 radical (unpaired) electrons. The van der Waals surface area contributed by atoms with E-state index in [9.17, 15) is 0 Å². The van der Waals surface area contributed by atoms with E-state index in [4.69, 9.17) is 4.74 Å². The summed E-state index contributed by atoms with van der Waals surface area (Å²) in [5.41, 5.74) is 3.56. The number of benzene rings is 1. The molecule has 1 spiro atoms. The van der Waals surface area contributed by atoms with Crippen LogP contribution in [0.3, 0.4) is 0 Å². The molecule has 1 aliphatic carbocycles. The minimum absolute atomic E-state index is 0.387. The van der Waals surface area contributed by atoms with Gasteiger partial charge in [0.1, 0.15) is 5.75 Å². The van der Waals surface area contributed by atoms with Gasteiger partial charge >= 0.3 is 0 Å². The number of nitrogens with zero attached hydrogens (tertiary/aromatic N) is 1. The lowest BCUT2D eigenvalue weighted by molar-refractivity contribution is 0.0503. The molecule has 0 N–H and O–H groups in total. The van der Waals surface area contributed by atoms with Crippen LogP contribution in [0.2, 0.25) is 0 Å². The minimum atomic E-state index is 0.387. The Morgan fingerprint density at radius 3 is 3.05 bits per heavy atom. The molecule has 2 fully saturated rings. The molecule has 19 heavy (non-hydrogen) atoms. The molecule has 1 aromatic rings. The van der Waals surface area contributed by atoms with E-state index in [0.29, 0.717) is 5.54 Å². The van der Waals surface area contributed by atoms with Crippen LogP contribution in [0, 0.1) is 5.92 Å². The van der Waals surface area contributed by atoms with Gasteiger partial charge in [-0.2, -0.15) is 0 Å². The van der Waals surface area contributed by atoms with Crippen molar-refractivity contribution < 1.29 is 4.74 Å². The fourth-order valence-corrected chi connectivity index (χ4v) is 4.96. The third kappa shape index (κ3) is 1.53. The van der Waals surface area contributed by atoms with Crippen molar-refractivity contribution in [1.82, 2.24) is 4.90 Å². The molecule has 0 aromatic heterocycles. The van der Waals surface area contributed by atoms with Gasteiger partial charge in [-0.15, -0.1) is 0 Å². The first-order valence-electron chi connectivity index (χ1n) is 7.77. The Balaban J connectivity index is 1.85. The quantitative estimate of drug-likeness (QED) is 0.765. The molecule has 2 heterocycles. The highest BCUT2D eigenvalue weighted by molar-refractivity contribution is 5.43. The maximum absolute atomic E-state index is 5.41. The molecule has 2 heteroatoms. The second-order valence-electron chi connectivity index (χ2n) is 6.42. The van der Waals surface area contributed by atoms with E-state index in [-0.39, 0.29) is 0 Å². The maximum atomic E-state index is 5.41. The summed E-state index contributed by atoms with van der Waals surface area (Å²) in [6.07, 6.45) is 8.25. The average Bonchev–Trinajstić information content (AvgIpc) is 2.86. The molecule has 3 aliphatic rings. The van der Waals surface area contributed by atoms with Crippen LogP contribution in [-0.4, -0.2) is 25.1 Å². The summed E-state index contributed by atoms with van der Waals surface area (Å²) in [6.45, 7) is 2.56. The summed E-state index contributed by atoms with van der Waals surface area (Å²) in [5.74, 6) is 1.92. The minimum Gasteiger partial charge on any atom is -0.497 e. The average molecular weight is 257 g/mol. The fourth-order valence-electron chi connectivity index (χ4n) is 4.96. The second kappa shape index (κ2) is 4.24. The van der Waals surface area contributed by atoms with Crippen molar-refractivity contribution in [2.45, 2.75) is 44.1 Å². The number of hydrogen-bond acceptors (Lipinski definition) is 2. The predicted molar refractivity (Wildman–Crippen MR) is 76.5 cm³/mol. The number of hydrogen-bond donors (Lipinski definition) is 0. The smallest absolute Gasteiger partial charge is 0.119 e. The van der Waals surface area contributed by atoms with Crippen LogP contribution in [0.4, 0.5) is 0 Å². The number of rotatable bonds is 1. The third-order valence-corrected chi connectivity index (χ3v) is 5.78. The van der Waals surface area contributed by atoms with Gasteiger partial charge in [-0.1, -0.05) is 18.9 Å². The summed E-state index contributed by atoms with van der Waals surface area (Å²) in [6, 6.07) is 6.82. The number of methoxy groups -OCH3 is 1. The van der Waals surface area contributed by atoms with E-state index in [2.05, 4.69) is 23.1 Å². The Labute approximate surface area is 115 Å². The van der Waals surface area contributed by atoms with E-state index < -0.39 is 0 Å². The van der Waals surface area contributed by atoms with Crippen molar-refractivity contribution in [3.8, 4) is 5.75 Å². The van der Waals surface area contributed by atoms with Gasteiger partial charge in [-0.05, 0) is 61.4 Å². The van der Waals surface area contributed by atoms with Crippen LogP contribution in [0.5, 0.6) is 5.75 Å². The van der Waals surface area contributed by atoms with Crippen LogP contribution < -0.4 is 4.74 Å². The molecule has 2 nitrogen and oxygen atoms in total. The Bertz CT molecular complexity index is 498. The molecule has 0 amide bonds. The lowest BCUT2D eigenvalue weighted by Crippen LogP contribution is -2.50. The highest BCUT2D eigenvalue weighted by Crippen LogP contribution is 2.54. The van der Waals surface area contributed by atoms with Crippen molar-refractivity contribution in [2.75, 3.05) is 20.2 Å². The molecular weight excluding hydrogens is 234 g/mol. The van der Waals surface area contributed by atoms with E-state index in [1.807, 2.05) is 0 Å². The molecule has 2 aliphatic heterocycles. The topological polar surface area (TPSA) is 12.5 Å². The molecule has 2 atom stereocenters. The van der Waals surface area contributed by atoms with E-state index in [1.54, 1.807) is 18.2 Å². The zero-order chi connectivity index (χ0) is 12.9. The van der Waals surface area contributed by atoms with Crippen LogP contribution in [0.25, 0.3) is 0 Å². The van der Waals surface area contributed by atoms with Crippen LogP contribution in [-0.2, 0) is 12.0 Å². The van der Waals surface area contributed by atoms with Crippen LogP contribution >= 0.6 is 0 Å². The summed E-state index contributed by atoms with van der Waals surface area (Å²) < 4.78 is 5.41. The van der Waals surface area contributed by atoms with Gasteiger partial charge < -0.3 is 4.74 Å². The van der Waals surface area contributed by atoms with Crippen molar-refractivity contribution >= 4 is 0 Å². The van der Waals surface area contributed by atoms with Gasteiger partial charge in [0, 0.05) is 12.1 Å². The summed E-state index contributed by atoms with van der Waals surface area (Å²) in [4.78, 5) is 2.80. The molecule has 0 bridgehead atoms. The Hall–Kier alpha value is -1.02. The lowest BCUT2D eigenvalue weighted by atomic mass is 9.67. The van der Waals surface area contributed by atoms with Gasteiger partial charge in [-0.25, -0.2) is 0 Å². The molecule has 1 saturated heterocycles. The summed E-state index contributed by atoms with van der Waals surface area (Å²) in [5, 5.41) is 0. The lowest BCUT2D eigenvalue weighted by Gasteiger charge is -2.49. The van der Waals surface area contributed by atoms with Gasteiger partial charge in [0.25, 0.3) is 0 Å². The molecule has 1 aromatic carbocycles. The maximum Gasteiger partial charge on any atom is 0.119 e. The van der Waals surface area contributed by atoms with Crippen molar-refractivity contribution in [2.24, 2.45) is 5.92 Å². The second-order valence-corrected chi connectivity index (χ2v) is 6.42. The predicted octanol–water partition coefficient (Wildman–Crippen LogP) is 3.34. The van der Waals surface area contributed by atoms with E-state index in [1.165, 1.54) is 51.6 Å². The van der Waals surface area contributed by atoms with Crippen molar-refractivity contribution in [1.29, 1.82) is 0 Å². The Morgan fingerprint density at radius 2 is 2.16 bits per heavy atom. The van der Waals surface area contributed by atoms with Crippen LogP contribution in [0.15, 0.2) is 18.2 Å². The first-order chi connectivity index (χ1) is 9.34. The molecule has 4 rings (SSSR count). The number of fused-ring (bicyclic) bond motifs is 1. The first kappa shape index (κ1) is 11.8. The van der Waals surface area contributed by atoms with E-state index >= 15 is 0 Å². The Morgan fingerprint density at radius 1 is 1.21 bits per heavy atom. The molecule has 2 unspecified atom stereocenters. The largest absolute Gasteiger partial charge is 0.497 e. The van der Waals surface area contributed by atoms with Gasteiger partial charge in [0.05, 0.1) is 7.11 Å². The zero-order valence-corrected chi connectivity index (χ0v) is 11.8. The highest BCUT2D eigenvalue weighted by atomic mass is 16.5. The standard InChI is InChI=1S/C17H23NO/c1-19-15-5-6-16-13(12-15)7-10-18-11-8-14-4-2-3-9-17(14,16)18/h5-6,12,14H,2-4,7-11H2,1H3. The van der Waals surface area contributed by atoms with Gasteiger partial charge in [-0.3, -0.25) is 4.90 Å². The van der Waals surface area contributed by atoms with Gasteiger partial charge in [0.2, 0.25) is 0 Å².